The zero-order valence-electron chi connectivity index (χ0n) is 10.8. The van der Waals surface area contributed by atoms with E-state index in [9.17, 15) is 9.59 Å². The van der Waals surface area contributed by atoms with Gasteiger partial charge in [0.1, 0.15) is 0 Å². The molecule has 0 bridgehead atoms. The molecule has 0 aliphatic carbocycles. The van der Waals surface area contributed by atoms with E-state index in [1.165, 1.54) is 23.8 Å². The van der Waals surface area contributed by atoms with E-state index in [0.29, 0.717) is 10.9 Å². The molecular weight excluding hydrogens is 262 g/mol. The molecule has 1 aliphatic rings. The maximum Gasteiger partial charge on any atom is 0.328 e. The van der Waals surface area contributed by atoms with E-state index < -0.39 is 5.97 Å². The van der Waals surface area contributed by atoms with Crippen molar-refractivity contribution in [3.05, 3.63) is 28.0 Å². The molecule has 19 heavy (non-hydrogen) atoms. The summed E-state index contributed by atoms with van der Waals surface area (Å²) < 4.78 is 0. The average molecular weight is 279 g/mol. The molecule has 1 saturated heterocycles. The Hall–Kier alpha value is -1.62. The van der Waals surface area contributed by atoms with Crippen molar-refractivity contribution in [3.63, 3.8) is 0 Å². The van der Waals surface area contributed by atoms with Crippen LogP contribution in [0.1, 0.15) is 40.7 Å². The van der Waals surface area contributed by atoms with Crippen LogP contribution in [-0.4, -0.2) is 34.5 Å². The van der Waals surface area contributed by atoms with Crippen molar-refractivity contribution < 1.29 is 14.7 Å². The van der Waals surface area contributed by atoms with Crippen LogP contribution in [0.3, 0.4) is 0 Å². The normalized spacial score (nSPS) is 19.8. The molecule has 102 valence electrons. The van der Waals surface area contributed by atoms with Gasteiger partial charge >= 0.3 is 5.97 Å². The summed E-state index contributed by atoms with van der Waals surface area (Å²) in [6.07, 6.45) is 5.91. The Kier molecular flexibility index (Phi) is 4.37. The highest BCUT2D eigenvalue weighted by Crippen LogP contribution is 2.24. The Morgan fingerprint density at radius 3 is 2.89 bits per heavy atom. The Balaban J connectivity index is 2.09. The Labute approximate surface area is 116 Å². The van der Waals surface area contributed by atoms with Crippen molar-refractivity contribution in [2.24, 2.45) is 0 Å². The first kappa shape index (κ1) is 13.8. The van der Waals surface area contributed by atoms with Crippen molar-refractivity contribution in [2.75, 3.05) is 6.54 Å². The number of aliphatic carboxylic acids is 1. The van der Waals surface area contributed by atoms with Crippen LogP contribution in [0.5, 0.6) is 0 Å². The summed E-state index contributed by atoms with van der Waals surface area (Å²) in [5, 5.41) is 8.57. The number of piperidine rings is 1. The van der Waals surface area contributed by atoms with E-state index in [2.05, 4.69) is 6.92 Å². The maximum absolute atomic E-state index is 12.4. The first-order valence-electron chi connectivity index (χ1n) is 6.40. The largest absolute Gasteiger partial charge is 0.478 e. The zero-order chi connectivity index (χ0) is 13.8. The summed E-state index contributed by atoms with van der Waals surface area (Å²) in [7, 11) is 0. The lowest BCUT2D eigenvalue weighted by Gasteiger charge is -2.33. The number of thiophene rings is 1. The molecule has 1 atom stereocenters. The van der Waals surface area contributed by atoms with E-state index in [1.807, 2.05) is 4.90 Å². The van der Waals surface area contributed by atoms with Crippen LogP contribution < -0.4 is 0 Å². The third kappa shape index (κ3) is 3.44. The molecule has 1 N–H and O–H groups in total. The Bertz CT molecular complexity index is 507. The number of carbonyl (C=O) groups is 2. The van der Waals surface area contributed by atoms with Crippen molar-refractivity contribution in [1.82, 2.24) is 4.90 Å². The van der Waals surface area contributed by atoms with E-state index in [1.54, 1.807) is 12.1 Å². The topological polar surface area (TPSA) is 57.6 Å². The molecule has 1 aromatic heterocycles. The molecule has 0 aromatic carbocycles. The highest BCUT2D eigenvalue weighted by Gasteiger charge is 2.24. The van der Waals surface area contributed by atoms with Crippen LogP contribution in [0.2, 0.25) is 0 Å². The molecule has 5 heteroatoms. The molecule has 1 unspecified atom stereocenters. The van der Waals surface area contributed by atoms with E-state index in [0.717, 1.165) is 30.3 Å². The molecule has 1 amide bonds. The maximum atomic E-state index is 12.4. The number of hydrogen-bond donors (Lipinski definition) is 1. The minimum Gasteiger partial charge on any atom is -0.478 e. The number of rotatable bonds is 3. The minimum absolute atomic E-state index is 0.0622. The summed E-state index contributed by atoms with van der Waals surface area (Å²) in [6, 6.07) is 3.85. The van der Waals surface area contributed by atoms with Gasteiger partial charge in [0.2, 0.25) is 0 Å². The molecule has 4 nitrogen and oxygen atoms in total. The van der Waals surface area contributed by atoms with Crippen molar-refractivity contribution in [3.8, 4) is 0 Å². The van der Waals surface area contributed by atoms with Crippen LogP contribution >= 0.6 is 11.3 Å². The van der Waals surface area contributed by atoms with Crippen LogP contribution in [0.4, 0.5) is 0 Å². The van der Waals surface area contributed by atoms with Crippen LogP contribution in [0, 0.1) is 0 Å². The van der Waals surface area contributed by atoms with Crippen LogP contribution in [-0.2, 0) is 4.79 Å². The zero-order valence-corrected chi connectivity index (χ0v) is 11.7. The lowest BCUT2D eigenvalue weighted by atomic mass is 10.0. The summed E-state index contributed by atoms with van der Waals surface area (Å²) in [6.45, 7) is 2.90. The fourth-order valence-electron chi connectivity index (χ4n) is 2.25. The van der Waals surface area contributed by atoms with Crippen LogP contribution in [0.25, 0.3) is 6.08 Å². The predicted molar refractivity (Wildman–Crippen MR) is 75.3 cm³/mol. The number of nitrogens with zero attached hydrogens (tertiary/aromatic N) is 1. The number of hydrogen-bond acceptors (Lipinski definition) is 3. The summed E-state index contributed by atoms with van der Waals surface area (Å²) in [5.41, 5.74) is 0. The number of carbonyl (C=O) groups excluding carboxylic acids is 1. The first-order chi connectivity index (χ1) is 9.08. The molecule has 1 fully saturated rings. The van der Waals surface area contributed by atoms with E-state index in [-0.39, 0.29) is 5.91 Å². The van der Waals surface area contributed by atoms with Crippen molar-refractivity contribution >= 4 is 29.3 Å². The number of amides is 1. The fourth-order valence-corrected chi connectivity index (χ4v) is 3.12. The molecule has 2 rings (SSSR count). The summed E-state index contributed by atoms with van der Waals surface area (Å²) in [4.78, 5) is 26.2. The summed E-state index contributed by atoms with van der Waals surface area (Å²) in [5.74, 6) is -0.918. The molecule has 0 spiro atoms. The van der Waals surface area contributed by atoms with Crippen LogP contribution in [0.15, 0.2) is 18.2 Å². The Morgan fingerprint density at radius 1 is 1.42 bits per heavy atom. The highest BCUT2D eigenvalue weighted by molar-refractivity contribution is 7.14. The molecule has 2 heterocycles. The van der Waals surface area contributed by atoms with Gasteiger partial charge in [0.25, 0.3) is 5.91 Å². The second-order valence-corrected chi connectivity index (χ2v) is 5.83. The second-order valence-electron chi connectivity index (χ2n) is 4.72. The molecule has 0 radical (unpaired) electrons. The quantitative estimate of drug-likeness (QED) is 0.866. The third-order valence-corrected chi connectivity index (χ3v) is 4.33. The van der Waals surface area contributed by atoms with E-state index >= 15 is 0 Å². The standard InChI is InChI=1S/C14H17NO3S/c1-10-4-2-3-9-15(10)14(18)12-7-5-11(19-12)6-8-13(16)17/h5-8,10H,2-4,9H2,1H3,(H,16,17)/b8-6+. The molecule has 1 aliphatic heterocycles. The number of likely N-dealkylation sites (tertiary alicyclic amines) is 1. The summed E-state index contributed by atoms with van der Waals surface area (Å²) >= 11 is 1.34. The smallest absolute Gasteiger partial charge is 0.328 e. The predicted octanol–water partition coefficient (Wildman–Crippen LogP) is 2.86. The second kappa shape index (κ2) is 6.02. The van der Waals surface area contributed by atoms with Gasteiger partial charge in [-0.2, -0.15) is 0 Å². The van der Waals surface area contributed by atoms with Gasteiger partial charge in [0, 0.05) is 23.5 Å². The van der Waals surface area contributed by atoms with Gasteiger partial charge in [0.05, 0.1) is 4.88 Å². The first-order valence-corrected chi connectivity index (χ1v) is 7.21. The number of carboxylic acids is 1. The lowest BCUT2D eigenvalue weighted by Crippen LogP contribution is -2.41. The van der Waals surface area contributed by atoms with Gasteiger partial charge in [0.15, 0.2) is 0 Å². The van der Waals surface area contributed by atoms with Gasteiger partial charge in [-0.1, -0.05) is 0 Å². The van der Waals surface area contributed by atoms with Gasteiger partial charge < -0.3 is 10.0 Å². The molecule has 1 aromatic rings. The monoisotopic (exact) mass is 279 g/mol. The lowest BCUT2D eigenvalue weighted by molar-refractivity contribution is -0.131. The number of carboxylic acid groups (broad SMARTS) is 1. The SMILES string of the molecule is CC1CCCCN1C(=O)c1ccc(/C=C/C(=O)O)s1. The minimum atomic E-state index is -0.981. The van der Waals surface area contributed by atoms with Gasteiger partial charge in [-0.05, 0) is 44.4 Å². The van der Waals surface area contributed by atoms with Gasteiger partial charge in [-0.25, -0.2) is 4.79 Å². The Morgan fingerprint density at radius 2 is 2.21 bits per heavy atom. The highest BCUT2D eigenvalue weighted by atomic mass is 32.1. The van der Waals surface area contributed by atoms with Crippen molar-refractivity contribution in [1.29, 1.82) is 0 Å². The molecular formula is C14H17NO3S. The molecule has 0 saturated carbocycles. The van der Waals surface area contributed by atoms with Gasteiger partial charge in [-0.3, -0.25) is 4.79 Å². The average Bonchev–Trinajstić information content (AvgIpc) is 2.85. The van der Waals surface area contributed by atoms with Gasteiger partial charge in [-0.15, -0.1) is 11.3 Å². The fraction of sp³-hybridized carbons (Fsp3) is 0.429. The van der Waals surface area contributed by atoms with E-state index in [4.69, 9.17) is 5.11 Å². The van der Waals surface area contributed by atoms with Crippen molar-refractivity contribution in [2.45, 2.75) is 32.2 Å². The third-order valence-electron chi connectivity index (χ3n) is 3.29.